The molecule has 1 aliphatic heterocycles. The number of nitro benzene ring substituents is 1. The van der Waals surface area contributed by atoms with Crippen LogP contribution < -0.4 is 15.0 Å². The molecule has 1 saturated heterocycles. The van der Waals surface area contributed by atoms with Crippen molar-refractivity contribution < 1.29 is 9.66 Å². The van der Waals surface area contributed by atoms with Crippen LogP contribution in [-0.2, 0) is 0 Å². The maximum Gasteiger partial charge on any atom is 0.311 e. The van der Waals surface area contributed by atoms with Crippen molar-refractivity contribution in [1.29, 1.82) is 0 Å². The second kappa shape index (κ2) is 5.05. The molecule has 1 aromatic carbocycles. The van der Waals surface area contributed by atoms with Crippen molar-refractivity contribution in [1.82, 2.24) is 5.32 Å². The van der Waals surface area contributed by atoms with Crippen LogP contribution in [0.4, 0.5) is 11.4 Å². The lowest BCUT2D eigenvalue weighted by atomic mass is 9.99. The number of ether oxygens (including phenoxy) is 1. The monoisotopic (exact) mass is 265 g/mol. The van der Waals surface area contributed by atoms with Crippen molar-refractivity contribution in [2.24, 2.45) is 0 Å². The first-order chi connectivity index (χ1) is 8.95. The van der Waals surface area contributed by atoms with Gasteiger partial charge in [-0.05, 0) is 19.9 Å². The van der Waals surface area contributed by atoms with Crippen molar-refractivity contribution >= 4 is 11.4 Å². The molecule has 0 unspecified atom stereocenters. The number of nitrogens with one attached hydrogen (secondary N) is 1. The summed E-state index contributed by atoms with van der Waals surface area (Å²) in [5.74, 6) is 0.303. The first-order valence-corrected chi connectivity index (χ1v) is 6.26. The minimum Gasteiger partial charge on any atom is -0.490 e. The smallest absolute Gasteiger partial charge is 0.311 e. The summed E-state index contributed by atoms with van der Waals surface area (Å²) in [7, 11) is 1.45. The van der Waals surface area contributed by atoms with E-state index in [9.17, 15) is 10.1 Å². The van der Waals surface area contributed by atoms with Crippen molar-refractivity contribution in [2.45, 2.75) is 19.4 Å². The topological polar surface area (TPSA) is 67.6 Å². The Labute approximate surface area is 112 Å². The van der Waals surface area contributed by atoms with Gasteiger partial charge in [-0.15, -0.1) is 0 Å². The molecule has 0 radical (unpaired) electrons. The van der Waals surface area contributed by atoms with Crippen molar-refractivity contribution in [3.63, 3.8) is 0 Å². The van der Waals surface area contributed by atoms with Gasteiger partial charge in [-0.25, -0.2) is 0 Å². The third kappa shape index (κ3) is 2.63. The standard InChI is InChI=1S/C13H19N3O3/c1-13(2)9-14-6-7-15(13)10-4-5-11(16(17)18)12(8-10)19-3/h4-5,8,14H,6-7,9H2,1-3H3. The van der Waals surface area contributed by atoms with E-state index in [1.54, 1.807) is 12.1 Å². The van der Waals surface area contributed by atoms with Crippen LogP contribution >= 0.6 is 0 Å². The summed E-state index contributed by atoms with van der Waals surface area (Å²) in [4.78, 5) is 12.7. The Morgan fingerprint density at radius 2 is 2.21 bits per heavy atom. The number of piperazine rings is 1. The number of anilines is 1. The third-order valence-corrected chi connectivity index (χ3v) is 3.47. The summed E-state index contributed by atoms with van der Waals surface area (Å²) < 4.78 is 5.12. The van der Waals surface area contributed by atoms with E-state index < -0.39 is 4.92 Å². The Morgan fingerprint density at radius 1 is 1.47 bits per heavy atom. The van der Waals surface area contributed by atoms with Gasteiger partial charge in [-0.1, -0.05) is 0 Å². The predicted octanol–water partition coefficient (Wildman–Crippen LogP) is 1.79. The van der Waals surface area contributed by atoms with Crippen molar-refractivity contribution in [2.75, 3.05) is 31.6 Å². The minimum atomic E-state index is -0.425. The van der Waals surface area contributed by atoms with E-state index in [-0.39, 0.29) is 11.2 Å². The molecule has 2 rings (SSSR count). The lowest BCUT2D eigenvalue weighted by molar-refractivity contribution is -0.385. The van der Waals surface area contributed by atoms with Gasteiger partial charge in [0, 0.05) is 43.0 Å². The number of nitro groups is 1. The quantitative estimate of drug-likeness (QED) is 0.666. The van der Waals surface area contributed by atoms with E-state index in [1.807, 2.05) is 0 Å². The molecule has 0 aliphatic carbocycles. The Balaban J connectivity index is 2.37. The normalized spacial score (nSPS) is 18.2. The average Bonchev–Trinajstić information content (AvgIpc) is 2.37. The summed E-state index contributed by atoms with van der Waals surface area (Å²) in [5, 5.41) is 14.2. The molecule has 0 saturated carbocycles. The maximum absolute atomic E-state index is 10.9. The van der Waals surface area contributed by atoms with Gasteiger partial charge < -0.3 is 15.0 Å². The van der Waals surface area contributed by atoms with Crippen LogP contribution in [0.25, 0.3) is 0 Å². The van der Waals surface area contributed by atoms with Gasteiger partial charge in [0.25, 0.3) is 0 Å². The van der Waals surface area contributed by atoms with Gasteiger partial charge >= 0.3 is 5.69 Å². The third-order valence-electron chi connectivity index (χ3n) is 3.47. The second-order valence-corrected chi connectivity index (χ2v) is 5.25. The molecule has 104 valence electrons. The lowest BCUT2D eigenvalue weighted by Crippen LogP contribution is -2.58. The van der Waals surface area contributed by atoms with E-state index in [0.29, 0.717) is 5.75 Å². The molecule has 1 aromatic rings. The Kier molecular flexibility index (Phi) is 3.61. The van der Waals surface area contributed by atoms with Crippen LogP contribution in [0.15, 0.2) is 18.2 Å². The summed E-state index contributed by atoms with van der Waals surface area (Å²) >= 11 is 0. The molecule has 6 nitrogen and oxygen atoms in total. The Bertz CT molecular complexity index is 488. The number of benzene rings is 1. The molecule has 0 bridgehead atoms. The van der Waals surface area contributed by atoms with E-state index in [2.05, 4.69) is 24.1 Å². The summed E-state index contributed by atoms with van der Waals surface area (Å²) in [6, 6.07) is 5.03. The summed E-state index contributed by atoms with van der Waals surface area (Å²) in [6.45, 7) is 6.95. The molecule has 1 fully saturated rings. The molecule has 19 heavy (non-hydrogen) atoms. The molecule has 1 heterocycles. The number of rotatable bonds is 3. The highest BCUT2D eigenvalue weighted by molar-refractivity contribution is 5.60. The molecule has 0 atom stereocenters. The first-order valence-electron chi connectivity index (χ1n) is 6.26. The van der Waals surface area contributed by atoms with Gasteiger partial charge in [0.05, 0.1) is 12.0 Å². The van der Waals surface area contributed by atoms with Crippen LogP contribution in [-0.4, -0.2) is 37.2 Å². The van der Waals surface area contributed by atoms with Crippen LogP contribution in [0.1, 0.15) is 13.8 Å². The van der Waals surface area contributed by atoms with Gasteiger partial charge in [0.15, 0.2) is 5.75 Å². The van der Waals surface area contributed by atoms with E-state index in [0.717, 1.165) is 25.3 Å². The molecule has 6 heteroatoms. The minimum absolute atomic E-state index is 0.000749. The fraction of sp³-hybridized carbons (Fsp3) is 0.538. The number of nitrogens with zero attached hydrogens (tertiary/aromatic N) is 2. The Morgan fingerprint density at radius 3 is 2.79 bits per heavy atom. The molecule has 0 spiro atoms. The van der Waals surface area contributed by atoms with Crippen molar-refractivity contribution in [3.05, 3.63) is 28.3 Å². The first kappa shape index (κ1) is 13.6. The number of hydrogen-bond donors (Lipinski definition) is 1. The van der Waals surface area contributed by atoms with E-state index in [4.69, 9.17) is 4.74 Å². The highest BCUT2D eigenvalue weighted by Gasteiger charge is 2.30. The van der Waals surface area contributed by atoms with Crippen LogP contribution in [0.2, 0.25) is 0 Å². The Hall–Kier alpha value is -1.82. The molecular weight excluding hydrogens is 246 g/mol. The zero-order valence-electron chi connectivity index (χ0n) is 11.5. The van der Waals surface area contributed by atoms with Crippen LogP contribution in [0.5, 0.6) is 5.75 Å². The highest BCUT2D eigenvalue weighted by Crippen LogP contribution is 2.34. The zero-order valence-corrected chi connectivity index (χ0v) is 11.5. The lowest BCUT2D eigenvalue weighted by Gasteiger charge is -2.44. The van der Waals surface area contributed by atoms with Gasteiger partial charge in [0.2, 0.25) is 0 Å². The summed E-state index contributed by atoms with van der Waals surface area (Å²) in [5.41, 5.74) is 0.924. The summed E-state index contributed by atoms with van der Waals surface area (Å²) in [6.07, 6.45) is 0. The fourth-order valence-corrected chi connectivity index (χ4v) is 2.45. The molecule has 0 amide bonds. The second-order valence-electron chi connectivity index (χ2n) is 5.25. The van der Waals surface area contributed by atoms with Crippen LogP contribution in [0, 0.1) is 10.1 Å². The van der Waals surface area contributed by atoms with E-state index in [1.165, 1.54) is 13.2 Å². The molecule has 0 aromatic heterocycles. The van der Waals surface area contributed by atoms with Gasteiger partial charge in [0.1, 0.15) is 0 Å². The number of methoxy groups -OCH3 is 1. The average molecular weight is 265 g/mol. The molecule has 1 aliphatic rings. The predicted molar refractivity (Wildman–Crippen MR) is 73.9 cm³/mol. The highest BCUT2D eigenvalue weighted by atomic mass is 16.6. The molecular formula is C13H19N3O3. The van der Waals surface area contributed by atoms with Crippen molar-refractivity contribution in [3.8, 4) is 5.75 Å². The number of hydrogen-bond acceptors (Lipinski definition) is 5. The van der Waals surface area contributed by atoms with Crippen LogP contribution in [0.3, 0.4) is 0 Å². The fourth-order valence-electron chi connectivity index (χ4n) is 2.45. The largest absolute Gasteiger partial charge is 0.490 e. The SMILES string of the molecule is COc1cc(N2CCNCC2(C)C)ccc1[N+](=O)[O-]. The maximum atomic E-state index is 10.9. The zero-order chi connectivity index (χ0) is 14.0. The van der Waals surface area contributed by atoms with E-state index >= 15 is 0 Å². The van der Waals surface area contributed by atoms with Gasteiger partial charge in [-0.2, -0.15) is 0 Å². The molecule has 1 N–H and O–H groups in total. The van der Waals surface area contributed by atoms with Gasteiger partial charge in [-0.3, -0.25) is 10.1 Å².